The Morgan fingerprint density at radius 2 is 1.73 bits per heavy atom. The molecule has 0 aliphatic carbocycles. The maximum Gasteiger partial charge on any atom is 0.255 e. The van der Waals surface area contributed by atoms with Crippen LogP contribution in [0.2, 0.25) is 0 Å². The summed E-state index contributed by atoms with van der Waals surface area (Å²) in [4.78, 5) is 24.7. The number of anilines is 1. The molecule has 4 heterocycles. The monoisotopic (exact) mass is 540 g/mol. The van der Waals surface area contributed by atoms with Gasteiger partial charge in [0.2, 0.25) is 0 Å². The number of H-pyrrole nitrogens is 2. The molecule has 7 rings (SSSR count). The Balaban J connectivity index is 1.25. The summed E-state index contributed by atoms with van der Waals surface area (Å²) >= 11 is 0. The van der Waals surface area contributed by atoms with Gasteiger partial charge in [-0.05, 0) is 71.3 Å². The van der Waals surface area contributed by atoms with E-state index < -0.39 is 5.82 Å². The number of amides is 1. The number of halogens is 1. The standard InChI is InChI=1S/C32H21FN6O2/c33-22-10-20(12-24(40)14-22)25-8-9-35-31-26(25)15-29(37-31)30-27-13-19(6-7-28(27)38-39-30)21-11-23(17-34-16-21)36-32(41)18-4-2-1-3-5-18/h1-17,40H,(H,35,37)(H,36,41)(H,38,39). The molecule has 0 unspecified atom stereocenters. The molecule has 9 heteroatoms. The van der Waals surface area contributed by atoms with Crippen molar-refractivity contribution in [3.8, 4) is 39.4 Å². The molecule has 0 bridgehead atoms. The second kappa shape index (κ2) is 9.73. The van der Waals surface area contributed by atoms with Gasteiger partial charge in [-0.3, -0.25) is 14.9 Å². The minimum atomic E-state index is -0.523. The number of nitrogens with zero attached hydrogens (tertiary/aromatic N) is 3. The molecular weight excluding hydrogens is 519 g/mol. The maximum absolute atomic E-state index is 14.0. The Morgan fingerprint density at radius 1 is 0.854 bits per heavy atom. The normalized spacial score (nSPS) is 11.2. The van der Waals surface area contributed by atoms with Gasteiger partial charge in [-0.2, -0.15) is 5.10 Å². The summed E-state index contributed by atoms with van der Waals surface area (Å²) in [6, 6.07) is 24.5. The van der Waals surface area contributed by atoms with Crippen LogP contribution in [-0.4, -0.2) is 36.2 Å². The Morgan fingerprint density at radius 3 is 2.59 bits per heavy atom. The molecule has 0 aliphatic heterocycles. The third-order valence-corrected chi connectivity index (χ3v) is 6.91. The lowest BCUT2D eigenvalue weighted by Gasteiger charge is -2.08. The molecule has 3 aromatic carbocycles. The van der Waals surface area contributed by atoms with Crippen LogP contribution < -0.4 is 5.32 Å². The number of aromatic nitrogens is 5. The largest absolute Gasteiger partial charge is 0.508 e. The SMILES string of the molecule is O=C(Nc1cncc(-c2ccc3[nH]nc(-c4cc5c(-c6cc(O)cc(F)c6)ccnc5[nH]4)c3c2)c1)c1ccccc1. The fourth-order valence-electron chi connectivity index (χ4n) is 4.99. The van der Waals surface area contributed by atoms with Crippen LogP contribution in [0.1, 0.15) is 10.4 Å². The molecule has 0 aliphatic rings. The molecule has 0 saturated heterocycles. The van der Waals surface area contributed by atoms with Crippen LogP contribution in [0.3, 0.4) is 0 Å². The Labute approximate surface area is 232 Å². The third-order valence-electron chi connectivity index (χ3n) is 6.91. The molecule has 7 aromatic rings. The van der Waals surface area contributed by atoms with Crippen molar-refractivity contribution in [1.29, 1.82) is 0 Å². The molecule has 4 aromatic heterocycles. The number of fused-ring (bicyclic) bond motifs is 2. The van der Waals surface area contributed by atoms with E-state index in [2.05, 4.69) is 30.5 Å². The van der Waals surface area contributed by atoms with Crippen LogP contribution in [-0.2, 0) is 0 Å². The van der Waals surface area contributed by atoms with Crippen molar-refractivity contribution < 1.29 is 14.3 Å². The average molecular weight is 541 g/mol. The first-order chi connectivity index (χ1) is 20.0. The zero-order valence-electron chi connectivity index (χ0n) is 21.4. The number of pyridine rings is 2. The second-order valence-electron chi connectivity index (χ2n) is 9.62. The fourth-order valence-corrected chi connectivity index (χ4v) is 4.99. The number of phenolic OH excluding ortho intramolecular Hbond substituents is 1. The van der Waals surface area contributed by atoms with E-state index in [1.54, 1.807) is 36.8 Å². The van der Waals surface area contributed by atoms with Gasteiger partial charge in [0.1, 0.15) is 22.9 Å². The van der Waals surface area contributed by atoms with E-state index in [0.717, 1.165) is 44.7 Å². The van der Waals surface area contributed by atoms with Crippen LogP contribution in [0.4, 0.5) is 10.1 Å². The number of carbonyl (C=O) groups excluding carboxylic acids is 1. The highest BCUT2D eigenvalue weighted by atomic mass is 19.1. The lowest BCUT2D eigenvalue weighted by atomic mass is 10.0. The molecular formula is C32H21FN6O2. The van der Waals surface area contributed by atoms with Gasteiger partial charge in [0.25, 0.3) is 5.91 Å². The van der Waals surface area contributed by atoms with Gasteiger partial charge in [-0.1, -0.05) is 24.3 Å². The Hall–Kier alpha value is -5.83. The lowest BCUT2D eigenvalue weighted by molar-refractivity contribution is 0.102. The lowest BCUT2D eigenvalue weighted by Crippen LogP contribution is -2.11. The number of rotatable bonds is 5. The van der Waals surface area contributed by atoms with Crippen molar-refractivity contribution in [2.75, 3.05) is 5.32 Å². The van der Waals surface area contributed by atoms with Crippen LogP contribution in [0.25, 0.3) is 55.6 Å². The zero-order valence-corrected chi connectivity index (χ0v) is 21.4. The van der Waals surface area contributed by atoms with Crippen molar-refractivity contribution in [1.82, 2.24) is 25.1 Å². The highest BCUT2D eigenvalue weighted by molar-refractivity contribution is 6.04. The van der Waals surface area contributed by atoms with E-state index in [1.807, 2.05) is 48.5 Å². The molecule has 4 N–H and O–H groups in total. The Kier molecular flexibility index (Phi) is 5.75. The molecule has 41 heavy (non-hydrogen) atoms. The zero-order chi connectivity index (χ0) is 27.9. The second-order valence-corrected chi connectivity index (χ2v) is 9.62. The third kappa shape index (κ3) is 4.55. The van der Waals surface area contributed by atoms with Gasteiger partial charge in [0, 0.05) is 40.4 Å². The van der Waals surface area contributed by atoms with Crippen molar-refractivity contribution >= 4 is 33.5 Å². The number of hydrogen-bond acceptors (Lipinski definition) is 5. The summed E-state index contributed by atoms with van der Waals surface area (Å²) in [6.45, 7) is 0. The van der Waals surface area contributed by atoms with E-state index in [4.69, 9.17) is 0 Å². The quantitative estimate of drug-likeness (QED) is 0.189. The number of phenols is 1. The average Bonchev–Trinajstić information content (AvgIpc) is 3.61. The van der Waals surface area contributed by atoms with Crippen LogP contribution >= 0.6 is 0 Å². The molecule has 1 amide bonds. The smallest absolute Gasteiger partial charge is 0.255 e. The van der Waals surface area contributed by atoms with E-state index in [-0.39, 0.29) is 11.7 Å². The molecule has 0 spiro atoms. The maximum atomic E-state index is 14.0. The summed E-state index contributed by atoms with van der Waals surface area (Å²) in [7, 11) is 0. The van der Waals surface area contributed by atoms with Crippen molar-refractivity contribution in [2.45, 2.75) is 0 Å². The molecule has 0 radical (unpaired) electrons. The van der Waals surface area contributed by atoms with Crippen LogP contribution in [0, 0.1) is 5.82 Å². The van der Waals surface area contributed by atoms with Crippen LogP contribution in [0.5, 0.6) is 5.75 Å². The predicted molar refractivity (Wildman–Crippen MR) is 156 cm³/mol. The number of hydrogen-bond donors (Lipinski definition) is 4. The first-order valence-corrected chi connectivity index (χ1v) is 12.8. The molecule has 198 valence electrons. The van der Waals surface area contributed by atoms with Gasteiger partial charge in [0.05, 0.1) is 23.1 Å². The van der Waals surface area contributed by atoms with E-state index in [0.29, 0.717) is 28.2 Å². The van der Waals surface area contributed by atoms with E-state index in [9.17, 15) is 14.3 Å². The van der Waals surface area contributed by atoms with Gasteiger partial charge in [-0.15, -0.1) is 0 Å². The van der Waals surface area contributed by atoms with Gasteiger partial charge < -0.3 is 15.4 Å². The summed E-state index contributed by atoms with van der Waals surface area (Å²) in [5.74, 6) is -0.883. The highest BCUT2D eigenvalue weighted by Crippen LogP contribution is 2.35. The Bertz CT molecular complexity index is 2060. The van der Waals surface area contributed by atoms with Gasteiger partial charge in [-0.25, -0.2) is 9.37 Å². The predicted octanol–water partition coefficient (Wildman–Crippen LogP) is 6.93. The molecule has 0 saturated carbocycles. The topological polar surface area (TPSA) is 120 Å². The summed E-state index contributed by atoms with van der Waals surface area (Å²) in [5.41, 5.74) is 7.01. The molecule has 8 nitrogen and oxygen atoms in total. The summed E-state index contributed by atoms with van der Waals surface area (Å²) in [6.07, 6.45) is 4.99. The minimum Gasteiger partial charge on any atom is -0.508 e. The fraction of sp³-hybridized carbons (Fsp3) is 0. The molecule has 0 fully saturated rings. The van der Waals surface area contributed by atoms with Crippen molar-refractivity contribution in [3.63, 3.8) is 0 Å². The first kappa shape index (κ1) is 24.2. The van der Waals surface area contributed by atoms with Crippen molar-refractivity contribution in [3.05, 3.63) is 115 Å². The molecule has 0 atom stereocenters. The number of benzene rings is 3. The number of carbonyl (C=O) groups is 1. The highest BCUT2D eigenvalue weighted by Gasteiger charge is 2.16. The number of aromatic hydroxyl groups is 1. The number of nitrogens with one attached hydrogen (secondary N) is 3. The van der Waals surface area contributed by atoms with Crippen LogP contribution in [0.15, 0.2) is 104 Å². The van der Waals surface area contributed by atoms with E-state index in [1.165, 1.54) is 12.1 Å². The van der Waals surface area contributed by atoms with Crippen molar-refractivity contribution in [2.24, 2.45) is 0 Å². The van der Waals surface area contributed by atoms with Gasteiger partial charge >= 0.3 is 0 Å². The van der Waals surface area contributed by atoms with E-state index >= 15 is 0 Å². The number of aromatic amines is 2. The summed E-state index contributed by atoms with van der Waals surface area (Å²) < 4.78 is 14.0. The van der Waals surface area contributed by atoms with Gasteiger partial charge in [0.15, 0.2) is 0 Å². The first-order valence-electron chi connectivity index (χ1n) is 12.8. The minimum absolute atomic E-state index is 0.148. The summed E-state index contributed by atoms with van der Waals surface area (Å²) in [5, 5.41) is 22.1.